The Morgan fingerprint density at radius 3 is 1.24 bits per heavy atom. The third kappa shape index (κ3) is 8.55. The number of nitrogens with zero attached hydrogens (tertiary/aromatic N) is 4. The molecule has 41 heavy (non-hydrogen) atoms. The summed E-state index contributed by atoms with van der Waals surface area (Å²) in [5, 5.41) is 29.4. The molecule has 4 rings (SSSR count). The lowest BCUT2D eigenvalue weighted by Gasteiger charge is -2.11. The molecule has 0 aliphatic heterocycles. The van der Waals surface area contributed by atoms with Gasteiger partial charge >= 0.3 is 0 Å². The third-order valence-corrected chi connectivity index (χ3v) is 6.58. The van der Waals surface area contributed by atoms with E-state index >= 15 is 0 Å². The van der Waals surface area contributed by atoms with Gasteiger partial charge in [0.25, 0.3) is 11.4 Å². The van der Waals surface area contributed by atoms with Gasteiger partial charge in [-0.25, -0.2) is 9.98 Å². The predicted octanol–water partition coefficient (Wildman–Crippen LogP) is 8.22. The highest BCUT2D eigenvalue weighted by Crippen LogP contribution is 2.26. The summed E-state index contributed by atoms with van der Waals surface area (Å²) in [4.78, 5) is 29.8. The Balaban J connectivity index is 1.35. The minimum Gasteiger partial charge on any atom is -0.457 e. The first-order valence-electron chi connectivity index (χ1n) is 12.0. The van der Waals surface area contributed by atoms with E-state index in [2.05, 4.69) is 20.6 Å². The fourth-order valence-electron chi connectivity index (χ4n) is 3.38. The fourth-order valence-corrected chi connectivity index (χ4v) is 4.21. The third-order valence-electron chi connectivity index (χ3n) is 5.42. The van der Waals surface area contributed by atoms with E-state index in [0.717, 1.165) is 11.4 Å². The molecule has 0 radical (unpaired) electrons. The number of amidine groups is 2. The summed E-state index contributed by atoms with van der Waals surface area (Å²) in [6.45, 7) is 0. The van der Waals surface area contributed by atoms with Crippen LogP contribution in [0.4, 0.5) is 34.1 Å². The van der Waals surface area contributed by atoms with Gasteiger partial charge in [-0.05, 0) is 85.3 Å². The van der Waals surface area contributed by atoms with Gasteiger partial charge < -0.3 is 15.4 Å². The first-order valence-corrected chi connectivity index (χ1v) is 14.4. The van der Waals surface area contributed by atoms with Crippen molar-refractivity contribution in [2.45, 2.75) is 0 Å². The topological polar surface area (TPSA) is 144 Å². The minimum atomic E-state index is -0.445. The van der Waals surface area contributed by atoms with E-state index in [9.17, 15) is 20.2 Å². The van der Waals surface area contributed by atoms with Crippen LogP contribution in [0.15, 0.2) is 107 Å². The fraction of sp³-hybridized carbons (Fsp3) is 0.0714. The maximum Gasteiger partial charge on any atom is 0.269 e. The summed E-state index contributed by atoms with van der Waals surface area (Å²) in [6, 6.07) is 26.9. The zero-order valence-corrected chi connectivity index (χ0v) is 23.5. The van der Waals surface area contributed by atoms with E-state index in [-0.39, 0.29) is 11.4 Å². The van der Waals surface area contributed by atoms with Gasteiger partial charge in [0.2, 0.25) is 0 Å². The van der Waals surface area contributed by atoms with Crippen LogP contribution in [0.2, 0.25) is 0 Å². The van der Waals surface area contributed by atoms with Crippen molar-refractivity contribution in [3.63, 3.8) is 0 Å². The van der Waals surface area contributed by atoms with Crippen LogP contribution in [-0.4, -0.2) is 32.7 Å². The smallest absolute Gasteiger partial charge is 0.269 e. The second-order valence-corrected chi connectivity index (χ2v) is 9.78. The number of rotatable bonds is 8. The van der Waals surface area contributed by atoms with Crippen LogP contribution in [0, 0.1) is 20.2 Å². The Morgan fingerprint density at radius 1 is 0.610 bits per heavy atom. The first kappa shape index (κ1) is 29.1. The van der Waals surface area contributed by atoms with Crippen LogP contribution in [0.3, 0.4) is 0 Å². The molecule has 0 heterocycles. The molecule has 11 nitrogen and oxygen atoms in total. The number of nitro groups is 2. The number of nitro benzene ring substituents is 2. The highest BCUT2D eigenvalue weighted by Gasteiger charge is 2.07. The van der Waals surface area contributed by atoms with E-state index in [0.29, 0.717) is 33.2 Å². The normalized spacial score (nSPS) is 11.6. The molecule has 2 N–H and O–H groups in total. The number of ether oxygens (including phenoxy) is 1. The van der Waals surface area contributed by atoms with Crippen LogP contribution < -0.4 is 15.4 Å². The monoisotopic (exact) mass is 588 g/mol. The van der Waals surface area contributed by atoms with Crippen molar-refractivity contribution < 1.29 is 14.6 Å². The molecule has 0 spiro atoms. The molecule has 0 atom stereocenters. The number of non-ortho nitro benzene ring substituents is 2. The summed E-state index contributed by atoms with van der Waals surface area (Å²) in [6.07, 6.45) is 3.77. The molecule has 0 amide bonds. The van der Waals surface area contributed by atoms with Gasteiger partial charge in [-0.2, -0.15) is 0 Å². The molecule has 0 saturated heterocycles. The van der Waals surface area contributed by atoms with E-state index in [1.807, 2.05) is 61.0 Å². The summed E-state index contributed by atoms with van der Waals surface area (Å²) in [5.41, 5.74) is 2.86. The van der Waals surface area contributed by atoms with E-state index in [1.165, 1.54) is 47.8 Å². The maximum absolute atomic E-state index is 10.8. The Labute approximate surface area is 244 Å². The number of aliphatic imine (C=N–C) groups is 2. The van der Waals surface area contributed by atoms with Gasteiger partial charge in [-0.3, -0.25) is 20.2 Å². The van der Waals surface area contributed by atoms with Crippen molar-refractivity contribution >= 4 is 68.0 Å². The molecular weight excluding hydrogens is 564 g/mol. The number of hydrogen-bond acceptors (Lipinski definition) is 9. The average molecular weight is 589 g/mol. The Kier molecular flexibility index (Phi) is 9.91. The summed E-state index contributed by atoms with van der Waals surface area (Å²) < 4.78 is 5.97. The molecule has 13 heteroatoms. The summed E-state index contributed by atoms with van der Waals surface area (Å²) in [5.74, 6) is 1.30. The molecule has 0 bridgehead atoms. The van der Waals surface area contributed by atoms with Crippen LogP contribution in [0.5, 0.6) is 11.5 Å². The molecule has 0 aliphatic rings. The molecular formula is C28H24N6O5S2. The lowest BCUT2D eigenvalue weighted by molar-refractivity contribution is -0.385. The summed E-state index contributed by atoms with van der Waals surface area (Å²) >= 11 is 2.84. The second-order valence-electron chi connectivity index (χ2n) is 8.19. The number of anilines is 2. The molecule has 0 saturated carbocycles. The standard InChI is InChI=1S/C28H24N6O5S2/c1-40-27(29-19-3-11-23(12-4-19)33(35)36)31-21-7-15-25(16-8-21)39-26-17-9-22(10-18-26)32-28(41-2)30-20-5-13-24(14-6-20)34(37)38/h3-18H,1-2H3,(H,29,31)(H,30,32). The zero-order valence-electron chi connectivity index (χ0n) is 21.9. The number of thioether (sulfide) groups is 2. The zero-order chi connectivity index (χ0) is 29.2. The molecule has 0 aromatic heterocycles. The molecule has 4 aromatic rings. The van der Waals surface area contributed by atoms with E-state index in [4.69, 9.17) is 4.74 Å². The van der Waals surface area contributed by atoms with Crippen LogP contribution in [0.1, 0.15) is 0 Å². The van der Waals surface area contributed by atoms with Crippen LogP contribution in [-0.2, 0) is 0 Å². The molecule has 208 valence electrons. The van der Waals surface area contributed by atoms with Crippen molar-refractivity contribution in [3.8, 4) is 11.5 Å². The van der Waals surface area contributed by atoms with Gasteiger partial charge in [0.05, 0.1) is 21.2 Å². The molecule has 0 aliphatic carbocycles. The SMILES string of the molecule is CSC(=Nc1ccc([N+](=O)[O-])cc1)Nc1ccc(Oc2ccc(NC(=Nc3ccc([N+](=O)[O-])cc3)SC)cc2)cc1. The second kappa shape index (κ2) is 14.0. The van der Waals surface area contributed by atoms with Crippen molar-refractivity contribution in [1.29, 1.82) is 0 Å². The van der Waals surface area contributed by atoms with Gasteiger partial charge in [0.15, 0.2) is 10.3 Å². The Morgan fingerprint density at radius 2 is 0.951 bits per heavy atom. The van der Waals surface area contributed by atoms with Crippen molar-refractivity contribution in [3.05, 3.63) is 117 Å². The Bertz CT molecular complexity index is 1440. The van der Waals surface area contributed by atoms with E-state index < -0.39 is 9.85 Å². The molecule has 0 unspecified atom stereocenters. The lowest BCUT2D eigenvalue weighted by Crippen LogP contribution is -2.06. The lowest BCUT2D eigenvalue weighted by atomic mass is 10.3. The highest BCUT2D eigenvalue weighted by atomic mass is 32.2. The van der Waals surface area contributed by atoms with Gasteiger partial charge in [-0.15, -0.1) is 0 Å². The van der Waals surface area contributed by atoms with Crippen LogP contribution in [0.25, 0.3) is 0 Å². The predicted molar refractivity (Wildman–Crippen MR) is 168 cm³/mol. The van der Waals surface area contributed by atoms with Crippen molar-refractivity contribution in [2.75, 3.05) is 23.1 Å². The van der Waals surface area contributed by atoms with Crippen molar-refractivity contribution in [1.82, 2.24) is 0 Å². The quantitative estimate of drug-likeness (QED) is 0.0900. The van der Waals surface area contributed by atoms with Gasteiger partial charge in [-0.1, -0.05) is 23.5 Å². The number of benzene rings is 4. The Hall–Kier alpha value is -4.88. The van der Waals surface area contributed by atoms with E-state index in [1.54, 1.807) is 24.3 Å². The molecule has 0 fully saturated rings. The summed E-state index contributed by atoms with van der Waals surface area (Å²) in [7, 11) is 0. The largest absolute Gasteiger partial charge is 0.457 e. The highest BCUT2D eigenvalue weighted by molar-refractivity contribution is 8.13. The maximum atomic E-state index is 10.8. The number of nitrogens with one attached hydrogen (secondary N) is 2. The average Bonchev–Trinajstić information content (AvgIpc) is 2.99. The van der Waals surface area contributed by atoms with Gasteiger partial charge in [0, 0.05) is 35.6 Å². The van der Waals surface area contributed by atoms with Crippen molar-refractivity contribution in [2.24, 2.45) is 9.98 Å². The first-order chi connectivity index (χ1) is 19.8. The number of hydrogen-bond donors (Lipinski definition) is 2. The molecule has 4 aromatic carbocycles. The van der Waals surface area contributed by atoms with Crippen LogP contribution >= 0.6 is 23.5 Å². The minimum absolute atomic E-state index is 0.0161. The van der Waals surface area contributed by atoms with Gasteiger partial charge in [0.1, 0.15) is 11.5 Å².